The third-order valence-electron chi connectivity index (χ3n) is 3.68. The van der Waals surface area contributed by atoms with Gasteiger partial charge in [-0.25, -0.2) is 9.18 Å². The predicted molar refractivity (Wildman–Crippen MR) is 97.7 cm³/mol. The van der Waals surface area contributed by atoms with Gasteiger partial charge in [0.15, 0.2) is 0 Å². The summed E-state index contributed by atoms with van der Waals surface area (Å²) in [4.78, 5) is 27.4. The van der Waals surface area contributed by atoms with E-state index < -0.39 is 16.7 Å². The van der Waals surface area contributed by atoms with E-state index in [9.17, 15) is 19.3 Å². The maximum absolute atomic E-state index is 14.2. The van der Waals surface area contributed by atoms with Gasteiger partial charge in [0.05, 0.1) is 21.7 Å². The number of carbonyl (C=O) groups excluding carboxylic acids is 1. The number of rotatable bonds is 5. The van der Waals surface area contributed by atoms with E-state index in [2.05, 4.69) is 10.3 Å². The molecule has 0 saturated heterocycles. The number of aromatic nitrogens is 1. The van der Waals surface area contributed by atoms with Crippen molar-refractivity contribution in [2.24, 2.45) is 5.16 Å². The van der Waals surface area contributed by atoms with Crippen molar-refractivity contribution in [3.63, 3.8) is 0 Å². The third-order valence-corrected chi connectivity index (χ3v) is 4.00. The molecule has 1 heterocycles. The van der Waals surface area contributed by atoms with Gasteiger partial charge in [-0.1, -0.05) is 40.1 Å². The van der Waals surface area contributed by atoms with Crippen LogP contribution in [0.25, 0.3) is 11.3 Å². The first kappa shape index (κ1) is 19.2. The molecule has 0 spiro atoms. The first-order chi connectivity index (χ1) is 13.4. The summed E-state index contributed by atoms with van der Waals surface area (Å²) < 4.78 is 19.1. The van der Waals surface area contributed by atoms with Gasteiger partial charge in [-0.2, -0.15) is 0 Å². The van der Waals surface area contributed by atoms with Crippen LogP contribution in [0.2, 0.25) is 5.02 Å². The van der Waals surface area contributed by atoms with Crippen molar-refractivity contribution in [2.45, 2.75) is 6.92 Å². The Morgan fingerprint density at radius 1 is 1.36 bits per heavy atom. The summed E-state index contributed by atoms with van der Waals surface area (Å²) in [7, 11) is 0. The third kappa shape index (κ3) is 3.89. The van der Waals surface area contributed by atoms with Crippen molar-refractivity contribution in [3.05, 3.63) is 80.3 Å². The van der Waals surface area contributed by atoms with Crippen LogP contribution >= 0.6 is 11.6 Å². The summed E-state index contributed by atoms with van der Waals surface area (Å²) in [6.45, 7) is 1.45. The zero-order valence-electron chi connectivity index (χ0n) is 14.3. The highest BCUT2D eigenvalue weighted by atomic mass is 35.5. The first-order valence-electron chi connectivity index (χ1n) is 7.78. The van der Waals surface area contributed by atoms with Crippen LogP contribution in [-0.4, -0.2) is 22.3 Å². The van der Waals surface area contributed by atoms with Crippen LogP contribution in [0, 0.1) is 22.9 Å². The van der Waals surface area contributed by atoms with Crippen LogP contribution < -0.4 is 0 Å². The van der Waals surface area contributed by atoms with Crippen LogP contribution in [0.1, 0.15) is 21.7 Å². The summed E-state index contributed by atoms with van der Waals surface area (Å²) in [6.07, 6.45) is 1.13. The van der Waals surface area contributed by atoms with E-state index in [1.165, 1.54) is 43.3 Å². The Labute approximate surface area is 162 Å². The lowest BCUT2D eigenvalue weighted by Gasteiger charge is -2.04. The highest BCUT2D eigenvalue weighted by Gasteiger charge is 2.26. The molecule has 10 heteroatoms. The topological polar surface area (TPSA) is 108 Å². The Bertz CT molecular complexity index is 1080. The Morgan fingerprint density at radius 3 is 2.82 bits per heavy atom. The summed E-state index contributed by atoms with van der Waals surface area (Å²) >= 11 is 6.02. The Kier molecular flexibility index (Phi) is 5.46. The van der Waals surface area contributed by atoms with E-state index in [0.29, 0.717) is 5.56 Å². The number of nitrogens with zero attached hydrogens (tertiary/aromatic N) is 3. The zero-order valence-corrected chi connectivity index (χ0v) is 15.0. The molecule has 0 bridgehead atoms. The van der Waals surface area contributed by atoms with E-state index in [4.69, 9.17) is 21.0 Å². The fourth-order valence-corrected chi connectivity index (χ4v) is 2.66. The lowest BCUT2D eigenvalue weighted by Crippen LogP contribution is -2.04. The number of hydrogen-bond acceptors (Lipinski definition) is 7. The predicted octanol–water partition coefficient (Wildman–Crippen LogP) is 4.54. The van der Waals surface area contributed by atoms with Crippen LogP contribution in [0.3, 0.4) is 0 Å². The van der Waals surface area contributed by atoms with Crippen molar-refractivity contribution in [2.75, 3.05) is 0 Å². The number of carbonyl (C=O) groups is 1. The molecule has 2 aromatic carbocycles. The molecule has 0 saturated carbocycles. The second-order valence-corrected chi connectivity index (χ2v) is 5.93. The molecule has 0 aliphatic rings. The number of benzene rings is 2. The normalized spacial score (nSPS) is 11.0. The molecule has 0 amide bonds. The molecule has 0 aliphatic heterocycles. The molecule has 3 rings (SSSR count). The summed E-state index contributed by atoms with van der Waals surface area (Å²) in [5, 5.41) is 18.0. The highest BCUT2D eigenvalue weighted by molar-refractivity contribution is 6.33. The van der Waals surface area contributed by atoms with Gasteiger partial charge in [0.25, 0.3) is 5.69 Å². The minimum Gasteiger partial charge on any atom is -0.360 e. The number of hydrogen-bond donors (Lipinski definition) is 0. The second-order valence-electron chi connectivity index (χ2n) is 5.52. The van der Waals surface area contributed by atoms with E-state index in [1.807, 2.05) is 0 Å². The van der Waals surface area contributed by atoms with Gasteiger partial charge in [0, 0.05) is 17.7 Å². The van der Waals surface area contributed by atoms with Crippen LogP contribution in [0.5, 0.6) is 0 Å². The molecule has 1 aromatic heterocycles. The summed E-state index contributed by atoms with van der Waals surface area (Å²) in [5.41, 5.74) is -0.141. The number of nitro groups is 1. The zero-order chi connectivity index (χ0) is 20.3. The lowest BCUT2D eigenvalue weighted by atomic mass is 10.1. The maximum Gasteiger partial charge on any atom is 0.371 e. The molecule has 8 nitrogen and oxygen atoms in total. The van der Waals surface area contributed by atoms with E-state index in [1.54, 1.807) is 6.07 Å². The largest absolute Gasteiger partial charge is 0.371 e. The van der Waals surface area contributed by atoms with Gasteiger partial charge < -0.3 is 9.36 Å². The highest BCUT2D eigenvalue weighted by Crippen LogP contribution is 2.33. The number of oxime groups is 1. The van der Waals surface area contributed by atoms with Gasteiger partial charge in [-0.3, -0.25) is 10.1 Å². The molecule has 3 aromatic rings. The second kappa shape index (κ2) is 7.97. The monoisotopic (exact) mass is 403 g/mol. The molecule has 0 atom stereocenters. The molecular formula is C18H11ClFN3O5. The van der Waals surface area contributed by atoms with Crippen molar-refractivity contribution in [1.29, 1.82) is 0 Å². The molecule has 0 radical (unpaired) electrons. The summed E-state index contributed by atoms with van der Waals surface area (Å²) in [6, 6.07) is 9.60. The smallest absolute Gasteiger partial charge is 0.360 e. The van der Waals surface area contributed by atoms with Crippen LogP contribution in [0.4, 0.5) is 10.1 Å². The Morgan fingerprint density at radius 2 is 2.11 bits per heavy atom. The number of halogens is 2. The van der Waals surface area contributed by atoms with E-state index >= 15 is 0 Å². The fraction of sp³-hybridized carbons (Fsp3) is 0.0556. The van der Waals surface area contributed by atoms with E-state index in [-0.39, 0.29) is 33.3 Å². The summed E-state index contributed by atoms with van der Waals surface area (Å²) in [5.74, 6) is -1.55. The van der Waals surface area contributed by atoms with Gasteiger partial charge in [-0.05, 0) is 19.1 Å². The van der Waals surface area contributed by atoms with Crippen molar-refractivity contribution in [3.8, 4) is 11.3 Å². The quantitative estimate of drug-likeness (QED) is 0.268. The van der Waals surface area contributed by atoms with Crippen LogP contribution in [0.15, 0.2) is 52.1 Å². The van der Waals surface area contributed by atoms with Gasteiger partial charge >= 0.3 is 5.97 Å². The first-order valence-corrected chi connectivity index (χ1v) is 8.16. The van der Waals surface area contributed by atoms with E-state index in [0.717, 1.165) is 6.21 Å². The lowest BCUT2D eigenvalue weighted by molar-refractivity contribution is -0.384. The molecular weight excluding hydrogens is 393 g/mol. The van der Waals surface area contributed by atoms with Gasteiger partial charge in [0.2, 0.25) is 0 Å². The van der Waals surface area contributed by atoms with Gasteiger partial charge in [0.1, 0.15) is 22.8 Å². The van der Waals surface area contributed by atoms with Crippen molar-refractivity contribution >= 4 is 29.5 Å². The number of non-ortho nitro benzene ring substituents is 1. The molecule has 142 valence electrons. The molecule has 0 unspecified atom stereocenters. The Hall–Kier alpha value is -3.59. The molecule has 0 aliphatic carbocycles. The van der Waals surface area contributed by atoms with Gasteiger partial charge in [-0.15, -0.1) is 0 Å². The average Bonchev–Trinajstić information content (AvgIpc) is 3.03. The SMILES string of the molecule is Cc1onc(-c2c(F)cccc2Cl)c1C(=O)ON=Cc1cccc([N+](=O)[O-])c1. The fourth-order valence-electron chi connectivity index (χ4n) is 2.41. The molecule has 28 heavy (non-hydrogen) atoms. The standard InChI is InChI=1S/C18H11ClFN3O5/c1-10-15(17(22-27-10)16-13(19)6-3-7-14(16)20)18(24)28-21-9-11-4-2-5-12(8-11)23(25)26/h2-9H,1H3. The minimum atomic E-state index is -0.949. The maximum atomic E-state index is 14.2. The Balaban J connectivity index is 1.85. The number of nitro benzene ring substituents is 1. The number of aryl methyl sites for hydroxylation is 1. The minimum absolute atomic E-state index is 0.0439. The van der Waals surface area contributed by atoms with Crippen LogP contribution in [-0.2, 0) is 4.84 Å². The average molecular weight is 404 g/mol. The molecule has 0 N–H and O–H groups in total. The van der Waals surface area contributed by atoms with Crippen molar-refractivity contribution < 1.29 is 23.5 Å². The van der Waals surface area contributed by atoms with Crippen molar-refractivity contribution in [1.82, 2.24) is 5.16 Å². The molecule has 0 fully saturated rings.